The van der Waals surface area contributed by atoms with E-state index in [-0.39, 0.29) is 16.9 Å². The number of amides is 1. The maximum atomic E-state index is 12.4. The maximum absolute atomic E-state index is 12.4. The number of ether oxygens (including phenoxy) is 1. The Balaban J connectivity index is 2.91. The molecule has 0 saturated carbocycles. The van der Waals surface area contributed by atoms with Crippen molar-refractivity contribution in [2.24, 2.45) is 5.14 Å². The van der Waals surface area contributed by atoms with Crippen molar-refractivity contribution in [3.05, 3.63) is 29.3 Å². The first kappa shape index (κ1) is 17.6. The molecule has 0 aromatic heterocycles. The lowest BCUT2D eigenvalue weighted by atomic mass is 10.1. The molecule has 0 aliphatic heterocycles. The second-order valence-electron chi connectivity index (χ2n) is 5.17. The summed E-state index contributed by atoms with van der Waals surface area (Å²) in [5.41, 5.74) is 1.03. The van der Waals surface area contributed by atoms with Gasteiger partial charge in [-0.15, -0.1) is 0 Å². The van der Waals surface area contributed by atoms with E-state index in [9.17, 15) is 13.2 Å². The molecular weight excluding hydrogens is 292 g/mol. The monoisotopic (exact) mass is 314 g/mol. The summed E-state index contributed by atoms with van der Waals surface area (Å²) in [6.45, 7) is 6.44. The summed E-state index contributed by atoms with van der Waals surface area (Å²) in [6.07, 6.45) is 0.0981. The highest BCUT2D eigenvalue weighted by molar-refractivity contribution is 7.89. The van der Waals surface area contributed by atoms with E-state index in [4.69, 9.17) is 9.88 Å². The molecule has 0 fully saturated rings. The van der Waals surface area contributed by atoms with E-state index in [0.29, 0.717) is 24.3 Å². The number of carbonyl (C=O) groups is 1. The standard InChI is InChI=1S/C14H22N2O4S/c1-10(2)20-8-7-16(4)14(17)13-9-12(21(15,18)19)6-5-11(13)3/h5-6,9-10H,7-8H2,1-4H3,(H2,15,18,19). The van der Waals surface area contributed by atoms with Crippen LogP contribution >= 0.6 is 0 Å². The van der Waals surface area contributed by atoms with Crippen molar-refractivity contribution in [2.45, 2.75) is 31.8 Å². The normalized spacial score (nSPS) is 11.7. The molecule has 0 unspecified atom stereocenters. The van der Waals surface area contributed by atoms with Crippen LogP contribution in [0.4, 0.5) is 0 Å². The van der Waals surface area contributed by atoms with Gasteiger partial charge >= 0.3 is 0 Å². The SMILES string of the molecule is Cc1ccc(S(N)(=O)=O)cc1C(=O)N(C)CCOC(C)C. The Bertz CT molecular complexity index is 611. The van der Waals surface area contributed by atoms with Crippen LogP contribution in [-0.2, 0) is 14.8 Å². The second kappa shape index (κ2) is 7.02. The number of nitrogens with zero attached hydrogens (tertiary/aromatic N) is 1. The van der Waals surface area contributed by atoms with Gasteiger partial charge in [0.1, 0.15) is 0 Å². The highest BCUT2D eigenvalue weighted by atomic mass is 32.2. The van der Waals surface area contributed by atoms with Crippen LogP contribution in [0.3, 0.4) is 0 Å². The summed E-state index contributed by atoms with van der Waals surface area (Å²) in [5, 5.41) is 5.09. The molecule has 118 valence electrons. The fourth-order valence-electron chi connectivity index (χ4n) is 1.74. The Morgan fingerprint density at radius 3 is 2.52 bits per heavy atom. The number of aryl methyl sites for hydroxylation is 1. The predicted octanol–water partition coefficient (Wildman–Crippen LogP) is 1.14. The molecule has 21 heavy (non-hydrogen) atoms. The molecule has 7 heteroatoms. The van der Waals surface area contributed by atoms with Gasteiger partial charge in [0.25, 0.3) is 5.91 Å². The van der Waals surface area contributed by atoms with Gasteiger partial charge in [0.2, 0.25) is 10.0 Å². The van der Waals surface area contributed by atoms with Gasteiger partial charge in [0, 0.05) is 19.2 Å². The highest BCUT2D eigenvalue weighted by Crippen LogP contribution is 2.16. The van der Waals surface area contributed by atoms with Gasteiger partial charge in [-0.05, 0) is 38.5 Å². The molecule has 1 aromatic carbocycles. The molecule has 2 N–H and O–H groups in total. The van der Waals surface area contributed by atoms with Crippen LogP contribution in [-0.4, -0.2) is 45.5 Å². The van der Waals surface area contributed by atoms with Crippen LogP contribution in [0.25, 0.3) is 0 Å². The van der Waals surface area contributed by atoms with Crippen molar-refractivity contribution < 1.29 is 17.9 Å². The zero-order valence-corrected chi connectivity index (χ0v) is 13.6. The first-order chi connectivity index (χ1) is 9.62. The molecule has 0 aliphatic rings. The van der Waals surface area contributed by atoms with Crippen LogP contribution < -0.4 is 5.14 Å². The van der Waals surface area contributed by atoms with Gasteiger partial charge in [0.15, 0.2) is 0 Å². The molecule has 6 nitrogen and oxygen atoms in total. The summed E-state index contributed by atoms with van der Waals surface area (Å²) < 4.78 is 28.1. The van der Waals surface area contributed by atoms with Crippen molar-refractivity contribution >= 4 is 15.9 Å². The Morgan fingerprint density at radius 2 is 2.00 bits per heavy atom. The van der Waals surface area contributed by atoms with Gasteiger partial charge in [0.05, 0.1) is 17.6 Å². The zero-order valence-electron chi connectivity index (χ0n) is 12.8. The van der Waals surface area contributed by atoms with Crippen molar-refractivity contribution in [1.82, 2.24) is 4.90 Å². The molecule has 0 saturated heterocycles. The quantitative estimate of drug-likeness (QED) is 0.852. The van der Waals surface area contributed by atoms with Crippen LogP contribution in [0, 0.1) is 6.92 Å². The third-order valence-electron chi connectivity index (χ3n) is 2.99. The lowest BCUT2D eigenvalue weighted by molar-refractivity contribution is 0.0531. The first-order valence-electron chi connectivity index (χ1n) is 6.63. The van der Waals surface area contributed by atoms with E-state index in [1.54, 1.807) is 20.0 Å². The number of rotatable bonds is 6. The van der Waals surface area contributed by atoms with E-state index >= 15 is 0 Å². The van der Waals surface area contributed by atoms with E-state index in [2.05, 4.69) is 0 Å². The van der Waals surface area contributed by atoms with Crippen LogP contribution in [0.2, 0.25) is 0 Å². The van der Waals surface area contributed by atoms with Gasteiger partial charge in [-0.2, -0.15) is 0 Å². The largest absolute Gasteiger partial charge is 0.377 e. The van der Waals surface area contributed by atoms with Gasteiger partial charge < -0.3 is 9.64 Å². The van der Waals surface area contributed by atoms with Crippen LogP contribution in [0.5, 0.6) is 0 Å². The van der Waals surface area contributed by atoms with E-state index in [1.165, 1.54) is 17.0 Å². The van der Waals surface area contributed by atoms with Gasteiger partial charge in [-0.25, -0.2) is 13.6 Å². The molecule has 0 aliphatic carbocycles. The minimum atomic E-state index is -3.82. The Hall–Kier alpha value is -1.44. The zero-order chi connectivity index (χ0) is 16.2. The summed E-state index contributed by atoms with van der Waals surface area (Å²) in [7, 11) is -2.18. The van der Waals surface area contributed by atoms with E-state index in [0.717, 1.165) is 0 Å². The molecule has 1 amide bonds. The minimum Gasteiger partial charge on any atom is -0.377 e. The Labute approximate surface area is 125 Å². The average molecular weight is 314 g/mol. The summed E-state index contributed by atoms with van der Waals surface area (Å²) in [4.78, 5) is 13.8. The molecular formula is C14H22N2O4S. The number of carbonyl (C=O) groups excluding carboxylic acids is 1. The molecule has 0 bridgehead atoms. The number of nitrogens with two attached hydrogens (primary N) is 1. The molecule has 0 atom stereocenters. The molecule has 1 rings (SSSR count). The number of hydrogen-bond donors (Lipinski definition) is 1. The first-order valence-corrected chi connectivity index (χ1v) is 8.18. The fraction of sp³-hybridized carbons (Fsp3) is 0.500. The number of sulfonamides is 1. The number of benzene rings is 1. The van der Waals surface area contributed by atoms with Crippen molar-refractivity contribution in [1.29, 1.82) is 0 Å². The number of likely N-dealkylation sites (N-methyl/N-ethyl adjacent to an activating group) is 1. The minimum absolute atomic E-state index is 0.0664. The molecule has 0 radical (unpaired) electrons. The van der Waals surface area contributed by atoms with Crippen LogP contribution in [0.15, 0.2) is 23.1 Å². The Morgan fingerprint density at radius 1 is 1.38 bits per heavy atom. The summed E-state index contributed by atoms with van der Waals surface area (Å²) >= 11 is 0. The second-order valence-corrected chi connectivity index (χ2v) is 6.73. The lowest BCUT2D eigenvalue weighted by Gasteiger charge is -2.19. The number of hydrogen-bond acceptors (Lipinski definition) is 4. The number of primary sulfonamides is 1. The Kier molecular flexibility index (Phi) is 5.88. The molecule has 1 aromatic rings. The van der Waals surface area contributed by atoms with Crippen LogP contribution in [0.1, 0.15) is 29.8 Å². The summed E-state index contributed by atoms with van der Waals surface area (Å²) in [6, 6.07) is 4.28. The molecule has 0 heterocycles. The maximum Gasteiger partial charge on any atom is 0.253 e. The van der Waals surface area contributed by atoms with Gasteiger partial charge in [-0.3, -0.25) is 4.79 Å². The van der Waals surface area contributed by atoms with E-state index < -0.39 is 10.0 Å². The lowest BCUT2D eigenvalue weighted by Crippen LogP contribution is -2.31. The average Bonchev–Trinajstić information content (AvgIpc) is 2.36. The fourth-order valence-corrected chi connectivity index (χ4v) is 2.28. The van der Waals surface area contributed by atoms with Crippen molar-refractivity contribution in [3.8, 4) is 0 Å². The summed E-state index contributed by atoms with van der Waals surface area (Å²) in [5.74, 6) is -0.259. The smallest absolute Gasteiger partial charge is 0.253 e. The third kappa shape index (κ3) is 5.11. The highest BCUT2D eigenvalue weighted by Gasteiger charge is 2.17. The van der Waals surface area contributed by atoms with Gasteiger partial charge in [-0.1, -0.05) is 6.07 Å². The molecule has 0 spiro atoms. The van der Waals surface area contributed by atoms with E-state index in [1.807, 2.05) is 13.8 Å². The third-order valence-corrected chi connectivity index (χ3v) is 3.90. The predicted molar refractivity (Wildman–Crippen MR) is 80.6 cm³/mol. The topological polar surface area (TPSA) is 89.7 Å². The van der Waals surface area contributed by atoms with Crippen molar-refractivity contribution in [3.63, 3.8) is 0 Å². The van der Waals surface area contributed by atoms with Crippen molar-refractivity contribution in [2.75, 3.05) is 20.2 Å².